The maximum atomic E-state index is 5.68. The molecule has 15 heavy (non-hydrogen) atoms. The monoisotopic (exact) mass is 225 g/mol. The lowest BCUT2D eigenvalue weighted by Crippen LogP contribution is -2.25. The average Bonchev–Trinajstić information content (AvgIpc) is 2.84. The molecule has 1 aliphatic rings. The summed E-state index contributed by atoms with van der Waals surface area (Å²) in [5.41, 5.74) is 8.82. The Bertz CT molecular complexity index is 311. The van der Waals surface area contributed by atoms with Crippen LogP contribution in [0.4, 0.5) is 0 Å². The first kappa shape index (κ1) is 11.0. The van der Waals surface area contributed by atoms with Crippen molar-refractivity contribution in [3.63, 3.8) is 0 Å². The van der Waals surface area contributed by atoms with Crippen LogP contribution in [-0.4, -0.2) is 36.1 Å². The lowest BCUT2D eigenvalue weighted by atomic mass is 10.1. The van der Waals surface area contributed by atoms with Crippen LogP contribution in [0.1, 0.15) is 17.0 Å². The molecule has 84 valence electrons. The van der Waals surface area contributed by atoms with Crippen LogP contribution in [0.2, 0.25) is 0 Å². The predicted molar refractivity (Wildman–Crippen MR) is 64.2 cm³/mol. The standard InChI is InChI=1S/C11H19N3S/c1-9-11(15-8-13-9)3-5-14-4-2-10(6-12)7-14/h8,10H,2-7,12H2,1H3. The Morgan fingerprint density at radius 3 is 3.13 bits per heavy atom. The fourth-order valence-electron chi connectivity index (χ4n) is 2.13. The number of aromatic nitrogens is 1. The van der Waals surface area contributed by atoms with E-state index in [0.29, 0.717) is 0 Å². The molecule has 0 aliphatic carbocycles. The molecular formula is C11H19N3S. The molecule has 0 radical (unpaired) electrons. The predicted octanol–water partition coefficient (Wildman–Crippen LogP) is 1.27. The van der Waals surface area contributed by atoms with Gasteiger partial charge in [-0.2, -0.15) is 0 Å². The Morgan fingerprint density at radius 1 is 1.67 bits per heavy atom. The van der Waals surface area contributed by atoms with E-state index >= 15 is 0 Å². The van der Waals surface area contributed by atoms with Gasteiger partial charge in [0.15, 0.2) is 0 Å². The number of likely N-dealkylation sites (tertiary alicyclic amines) is 1. The lowest BCUT2D eigenvalue weighted by molar-refractivity contribution is 0.330. The second-order valence-electron chi connectivity index (χ2n) is 4.30. The number of hydrogen-bond acceptors (Lipinski definition) is 4. The summed E-state index contributed by atoms with van der Waals surface area (Å²) in [6.45, 7) is 6.52. The summed E-state index contributed by atoms with van der Waals surface area (Å²) in [6.07, 6.45) is 2.42. The largest absolute Gasteiger partial charge is 0.330 e. The highest BCUT2D eigenvalue weighted by atomic mass is 32.1. The molecule has 1 aliphatic heterocycles. The van der Waals surface area contributed by atoms with Gasteiger partial charge in [-0.3, -0.25) is 0 Å². The van der Waals surface area contributed by atoms with Crippen LogP contribution in [0.5, 0.6) is 0 Å². The number of hydrogen-bond donors (Lipinski definition) is 1. The molecule has 1 saturated heterocycles. The van der Waals surface area contributed by atoms with E-state index in [-0.39, 0.29) is 0 Å². The minimum Gasteiger partial charge on any atom is -0.330 e. The molecule has 1 fully saturated rings. The average molecular weight is 225 g/mol. The van der Waals surface area contributed by atoms with Crippen LogP contribution >= 0.6 is 11.3 Å². The highest BCUT2D eigenvalue weighted by Gasteiger charge is 2.20. The number of thiazole rings is 1. The summed E-state index contributed by atoms with van der Waals surface area (Å²) in [5, 5.41) is 0. The van der Waals surface area contributed by atoms with Crippen LogP contribution in [-0.2, 0) is 6.42 Å². The molecular weight excluding hydrogens is 206 g/mol. The van der Waals surface area contributed by atoms with Gasteiger partial charge in [0.1, 0.15) is 0 Å². The summed E-state index contributed by atoms with van der Waals surface area (Å²) >= 11 is 1.78. The normalized spacial score (nSPS) is 22.4. The fraction of sp³-hybridized carbons (Fsp3) is 0.727. The molecule has 3 nitrogen and oxygen atoms in total. The molecule has 2 N–H and O–H groups in total. The van der Waals surface area contributed by atoms with Crippen molar-refractivity contribution in [1.82, 2.24) is 9.88 Å². The molecule has 0 bridgehead atoms. The van der Waals surface area contributed by atoms with E-state index < -0.39 is 0 Å². The van der Waals surface area contributed by atoms with Gasteiger partial charge >= 0.3 is 0 Å². The van der Waals surface area contributed by atoms with Gasteiger partial charge in [-0.1, -0.05) is 0 Å². The van der Waals surface area contributed by atoms with E-state index in [1.165, 1.54) is 36.6 Å². The van der Waals surface area contributed by atoms with Crippen LogP contribution in [0.25, 0.3) is 0 Å². The number of nitrogens with zero attached hydrogens (tertiary/aromatic N) is 2. The molecule has 1 aromatic heterocycles. The summed E-state index contributed by atoms with van der Waals surface area (Å²) in [5.74, 6) is 0.729. The Morgan fingerprint density at radius 2 is 2.53 bits per heavy atom. The second kappa shape index (κ2) is 5.05. The summed E-state index contributed by atoms with van der Waals surface area (Å²) in [4.78, 5) is 8.23. The minimum absolute atomic E-state index is 0.729. The first-order valence-electron chi connectivity index (χ1n) is 5.61. The Hall–Kier alpha value is -0.450. The summed E-state index contributed by atoms with van der Waals surface area (Å²) < 4.78 is 0. The third-order valence-electron chi connectivity index (χ3n) is 3.20. The molecule has 2 rings (SSSR count). The summed E-state index contributed by atoms with van der Waals surface area (Å²) in [7, 11) is 0. The van der Waals surface area contributed by atoms with Crippen molar-refractivity contribution in [1.29, 1.82) is 0 Å². The van der Waals surface area contributed by atoms with E-state index in [0.717, 1.165) is 18.9 Å². The van der Waals surface area contributed by atoms with Crippen molar-refractivity contribution in [2.75, 3.05) is 26.2 Å². The van der Waals surface area contributed by atoms with Gasteiger partial charge in [-0.25, -0.2) is 4.98 Å². The van der Waals surface area contributed by atoms with E-state index in [4.69, 9.17) is 5.73 Å². The van der Waals surface area contributed by atoms with E-state index in [2.05, 4.69) is 16.8 Å². The van der Waals surface area contributed by atoms with Crippen LogP contribution in [0, 0.1) is 12.8 Å². The van der Waals surface area contributed by atoms with Gasteiger partial charge < -0.3 is 10.6 Å². The lowest BCUT2D eigenvalue weighted by Gasteiger charge is -2.14. The second-order valence-corrected chi connectivity index (χ2v) is 5.24. The van der Waals surface area contributed by atoms with Crippen molar-refractivity contribution >= 4 is 11.3 Å². The molecule has 1 atom stereocenters. The van der Waals surface area contributed by atoms with Gasteiger partial charge in [0.2, 0.25) is 0 Å². The van der Waals surface area contributed by atoms with Crippen molar-refractivity contribution in [2.24, 2.45) is 11.7 Å². The fourth-order valence-corrected chi connectivity index (χ4v) is 2.90. The number of aryl methyl sites for hydroxylation is 1. The molecule has 4 heteroatoms. The number of rotatable bonds is 4. The van der Waals surface area contributed by atoms with Gasteiger partial charge in [-0.15, -0.1) is 11.3 Å². The molecule has 0 spiro atoms. The van der Waals surface area contributed by atoms with Gasteiger partial charge in [0.25, 0.3) is 0 Å². The third-order valence-corrected chi connectivity index (χ3v) is 4.20. The highest BCUT2D eigenvalue weighted by Crippen LogP contribution is 2.17. The third kappa shape index (κ3) is 2.77. The topological polar surface area (TPSA) is 42.2 Å². The zero-order valence-corrected chi connectivity index (χ0v) is 10.1. The van der Waals surface area contributed by atoms with Crippen molar-refractivity contribution in [2.45, 2.75) is 19.8 Å². The summed E-state index contributed by atoms with van der Waals surface area (Å²) in [6, 6.07) is 0. The first-order valence-corrected chi connectivity index (χ1v) is 6.49. The van der Waals surface area contributed by atoms with Crippen LogP contribution in [0.15, 0.2) is 5.51 Å². The molecule has 2 heterocycles. The molecule has 1 unspecified atom stereocenters. The van der Waals surface area contributed by atoms with Crippen molar-refractivity contribution < 1.29 is 0 Å². The van der Waals surface area contributed by atoms with E-state index in [1.807, 2.05) is 5.51 Å². The van der Waals surface area contributed by atoms with Crippen LogP contribution < -0.4 is 5.73 Å². The Kier molecular flexibility index (Phi) is 3.72. The van der Waals surface area contributed by atoms with E-state index in [9.17, 15) is 0 Å². The molecule has 1 aromatic rings. The molecule has 0 amide bonds. The molecule has 0 saturated carbocycles. The maximum absolute atomic E-state index is 5.68. The van der Waals surface area contributed by atoms with Crippen molar-refractivity contribution in [3.05, 3.63) is 16.1 Å². The van der Waals surface area contributed by atoms with Crippen LogP contribution in [0.3, 0.4) is 0 Å². The first-order chi connectivity index (χ1) is 7.29. The quantitative estimate of drug-likeness (QED) is 0.839. The van der Waals surface area contributed by atoms with Gasteiger partial charge in [0.05, 0.1) is 11.2 Å². The van der Waals surface area contributed by atoms with Crippen molar-refractivity contribution in [3.8, 4) is 0 Å². The maximum Gasteiger partial charge on any atom is 0.0797 e. The smallest absolute Gasteiger partial charge is 0.0797 e. The Labute approximate surface area is 95.3 Å². The molecule has 0 aromatic carbocycles. The minimum atomic E-state index is 0.729. The SMILES string of the molecule is Cc1ncsc1CCN1CCC(CN)C1. The number of nitrogens with two attached hydrogens (primary N) is 1. The zero-order valence-electron chi connectivity index (χ0n) is 9.28. The highest BCUT2D eigenvalue weighted by molar-refractivity contribution is 7.09. The zero-order chi connectivity index (χ0) is 10.7. The van der Waals surface area contributed by atoms with Gasteiger partial charge in [-0.05, 0) is 38.8 Å². The van der Waals surface area contributed by atoms with E-state index in [1.54, 1.807) is 11.3 Å². The van der Waals surface area contributed by atoms with Gasteiger partial charge in [0, 0.05) is 18.0 Å². The Balaban J connectivity index is 1.77.